The zero-order chi connectivity index (χ0) is 21.3. The molecule has 1 aliphatic heterocycles. The summed E-state index contributed by atoms with van der Waals surface area (Å²) in [5.74, 6) is 0.943. The van der Waals surface area contributed by atoms with Crippen molar-refractivity contribution < 1.29 is 18.7 Å². The number of carbonyl (C=O) groups is 1. The van der Waals surface area contributed by atoms with Gasteiger partial charge in [0.2, 0.25) is 5.91 Å². The van der Waals surface area contributed by atoms with Gasteiger partial charge in [-0.2, -0.15) is 0 Å². The minimum atomic E-state index is -0.181. The summed E-state index contributed by atoms with van der Waals surface area (Å²) < 4.78 is 24.4. The molecule has 3 rings (SSSR count). The molecule has 30 heavy (non-hydrogen) atoms. The van der Waals surface area contributed by atoms with Crippen LogP contribution >= 0.6 is 0 Å². The highest BCUT2D eigenvalue weighted by Gasteiger charge is 2.18. The third-order valence-corrected chi connectivity index (χ3v) is 5.13. The number of anilines is 1. The molecule has 0 bridgehead atoms. The first-order valence-electron chi connectivity index (χ1n) is 10.0. The Labute approximate surface area is 176 Å². The van der Waals surface area contributed by atoms with Gasteiger partial charge in [-0.1, -0.05) is 18.2 Å². The molecule has 160 valence electrons. The molecule has 1 N–H and O–H groups in total. The summed E-state index contributed by atoms with van der Waals surface area (Å²) in [7, 11) is 3.16. The summed E-state index contributed by atoms with van der Waals surface area (Å²) in [5.41, 5.74) is 1.51. The maximum atomic E-state index is 13.9. The van der Waals surface area contributed by atoms with E-state index in [1.54, 1.807) is 32.4 Å². The number of amides is 1. The normalized spacial score (nSPS) is 14.7. The fourth-order valence-corrected chi connectivity index (χ4v) is 3.45. The van der Waals surface area contributed by atoms with Gasteiger partial charge in [0, 0.05) is 45.3 Å². The van der Waals surface area contributed by atoms with E-state index in [0.29, 0.717) is 23.7 Å². The molecule has 1 aliphatic rings. The maximum Gasteiger partial charge on any atom is 0.244 e. The van der Waals surface area contributed by atoms with Crippen molar-refractivity contribution in [3.05, 3.63) is 59.9 Å². The van der Waals surface area contributed by atoms with E-state index >= 15 is 0 Å². The van der Waals surface area contributed by atoms with Crippen molar-refractivity contribution in [2.45, 2.75) is 0 Å². The lowest BCUT2D eigenvalue weighted by Crippen LogP contribution is -2.48. The van der Waals surface area contributed by atoms with E-state index in [2.05, 4.69) is 15.1 Å². The summed E-state index contributed by atoms with van der Waals surface area (Å²) in [6.07, 6.45) is 3.25. The third kappa shape index (κ3) is 5.73. The number of para-hydroxylation sites is 1. The first kappa shape index (κ1) is 21.6. The minimum absolute atomic E-state index is 0.144. The van der Waals surface area contributed by atoms with Gasteiger partial charge in [0.1, 0.15) is 5.82 Å². The molecule has 2 aromatic carbocycles. The summed E-state index contributed by atoms with van der Waals surface area (Å²) in [6.45, 7) is 4.55. The molecule has 1 fully saturated rings. The lowest BCUT2D eigenvalue weighted by atomic mass is 10.2. The second-order valence-electron chi connectivity index (χ2n) is 7.02. The topological polar surface area (TPSA) is 54.0 Å². The molecule has 7 heteroatoms. The number of hydrogen-bond acceptors (Lipinski definition) is 5. The van der Waals surface area contributed by atoms with Crippen LogP contribution in [0.3, 0.4) is 0 Å². The third-order valence-electron chi connectivity index (χ3n) is 5.13. The fraction of sp³-hybridized carbons (Fsp3) is 0.348. The molecule has 0 aliphatic carbocycles. The van der Waals surface area contributed by atoms with Crippen molar-refractivity contribution in [1.29, 1.82) is 0 Å². The van der Waals surface area contributed by atoms with Crippen LogP contribution in [0.1, 0.15) is 5.56 Å². The monoisotopic (exact) mass is 413 g/mol. The van der Waals surface area contributed by atoms with Crippen molar-refractivity contribution >= 4 is 17.7 Å². The number of methoxy groups -OCH3 is 2. The average Bonchev–Trinajstić information content (AvgIpc) is 2.78. The van der Waals surface area contributed by atoms with Crippen LogP contribution in [-0.2, 0) is 4.79 Å². The number of hydrogen-bond donors (Lipinski definition) is 1. The first-order chi connectivity index (χ1) is 14.6. The number of nitrogens with one attached hydrogen (secondary N) is 1. The Balaban J connectivity index is 1.40. The fourth-order valence-electron chi connectivity index (χ4n) is 3.45. The Morgan fingerprint density at radius 3 is 2.50 bits per heavy atom. The smallest absolute Gasteiger partial charge is 0.244 e. The molecule has 1 heterocycles. The van der Waals surface area contributed by atoms with Crippen LogP contribution in [0.25, 0.3) is 6.08 Å². The van der Waals surface area contributed by atoms with E-state index in [1.807, 2.05) is 24.3 Å². The van der Waals surface area contributed by atoms with Gasteiger partial charge < -0.3 is 19.7 Å². The number of carbonyl (C=O) groups excluding carboxylic acids is 1. The van der Waals surface area contributed by atoms with Crippen molar-refractivity contribution in [3.8, 4) is 11.5 Å². The Bertz CT molecular complexity index is 880. The Hall–Kier alpha value is -3.06. The molecule has 0 atom stereocenters. The zero-order valence-corrected chi connectivity index (χ0v) is 17.4. The van der Waals surface area contributed by atoms with E-state index in [-0.39, 0.29) is 11.7 Å². The van der Waals surface area contributed by atoms with Gasteiger partial charge in [-0.15, -0.1) is 0 Å². The van der Waals surface area contributed by atoms with E-state index in [0.717, 1.165) is 38.3 Å². The molecule has 2 aromatic rings. The molecule has 0 saturated carbocycles. The Morgan fingerprint density at radius 1 is 1.07 bits per heavy atom. The van der Waals surface area contributed by atoms with Crippen LogP contribution in [0.5, 0.6) is 11.5 Å². The molecule has 0 radical (unpaired) electrons. The largest absolute Gasteiger partial charge is 0.493 e. The zero-order valence-electron chi connectivity index (χ0n) is 17.4. The van der Waals surface area contributed by atoms with Crippen LogP contribution in [-0.4, -0.2) is 64.3 Å². The Kier molecular flexibility index (Phi) is 7.68. The predicted octanol–water partition coefficient (Wildman–Crippen LogP) is 2.79. The van der Waals surface area contributed by atoms with Gasteiger partial charge in [-0.3, -0.25) is 9.69 Å². The minimum Gasteiger partial charge on any atom is -0.493 e. The first-order valence-corrected chi connectivity index (χ1v) is 10.0. The predicted molar refractivity (Wildman–Crippen MR) is 117 cm³/mol. The second kappa shape index (κ2) is 10.6. The van der Waals surface area contributed by atoms with Crippen LogP contribution in [0.15, 0.2) is 48.5 Å². The molecular weight excluding hydrogens is 385 g/mol. The Morgan fingerprint density at radius 2 is 1.80 bits per heavy atom. The van der Waals surface area contributed by atoms with Crippen molar-refractivity contribution in [3.63, 3.8) is 0 Å². The van der Waals surface area contributed by atoms with Crippen LogP contribution in [0.4, 0.5) is 10.1 Å². The lowest BCUT2D eigenvalue weighted by molar-refractivity contribution is -0.116. The quantitative estimate of drug-likeness (QED) is 0.675. The summed E-state index contributed by atoms with van der Waals surface area (Å²) in [5, 5.41) is 2.91. The summed E-state index contributed by atoms with van der Waals surface area (Å²) >= 11 is 0. The highest BCUT2D eigenvalue weighted by Crippen LogP contribution is 2.28. The molecule has 0 spiro atoms. The van der Waals surface area contributed by atoms with Crippen LogP contribution in [0.2, 0.25) is 0 Å². The van der Waals surface area contributed by atoms with E-state index in [9.17, 15) is 9.18 Å². The van der Waals surface area contributed by atoms with Gasteiger partial charge in [-0.05, 0) is 35.9 Å². The number of ether oxygens (including phenoxy) is 2. The summed E-state index contributed by atoms with van der Waals surface area (Å²) in [4.78, 5) is 16.4. The maximum absolute atomic E-state index is 13.9. The van der Waals surface area contributed by atoms with Gasteiger partial charge in [0.05, 0.1) is 19.9 Å². The number of nitrogens with zero attached hydrogens (tertiary/aromatic N) is 2. The number of piperazine rings is 1. The van der Waals surface area contributed by atoms with Crippen molar-refractivity contribution in [2.75, 3.05) is 58.4 Å². The van der Waals surface area contributed by atoms with Crippen molar-refractivity contribution in [2.24, 2.45) is 0 Å². The van der Waals surface area contributed by atoms with Gasteiger partial charge in [-0.25, -0.2) is 4.39 Å². The van der Waals surface area contributed by atoms with E-state index in [1.165, 1.54) is 12.1 Å². The second-order valence-corrected chi connectivity index (χ2v) is 7.02. The highest BCUT2D eigenvalue weighted by molar-refractivity contribution is 5.91. The summed E-state index contributed by atoms with van der Waals surface area (Å²) in [6, 6.07) is 12.4. The van der Waals surface area contributed by atoms with Gasteiger partial charge in [0.25, 0.3) is 0 Å². The molecule has 1 saturated heterocycles. The van der Waals surface area contributed by atoms with Crippen molar-refractivity contribution in [1.82, 2.24) is 10.2 Å². The van der Waals surface area contributed by atoms with Gasteiger partial charge in [0.15, 0.2) is 11.5 Å². The average molecular weight is 413 g/mol. The highest BCUT2D eigenvalue weighted by atomic mass is 19.1. The standard InChI is InChI=1S/C23H28FN3O3/c1-29-21-9-7-18(17-22(21)30-2)8-10-23(28)25-11-12-26-13-15-27(16-14-26)20-6-4-3-5-19(20)24/h3-10,17H,11-16H2,1-2H3,(H,25,28)/b10-8+. The number of rotatable bonds is 8. The molecule has 6 nitrogen and oxygen atoms in total. The van der Waals surface area contributed by atoms with Crippen LogP contribution < -0.4 is 19.7 Å². The molecular formula is C23H28FN3O3. The molecule has 0 aromatic heterocycles. The van der Waals surface area contributed by atoms with Crippen LogP contribution in [0, 0.1) is 5.82 Å². The van der Waals surface area contributed by atoms with Gasteiger partial charge >= 0.3 is 0 Å². The number of halogens is 1. The van der Waals surface area contributed by atoms with E-state index < -0.39 is 0 Å². The SMILES string of the molecule is COc1ccc(/C=C/C(=O)NCCN2CCN(c3ccccc3F)CC2)cc1OC. The molecule has 0 unspecified atom stereocenters. The number of benzene rings is 2. The van der Waals surface area contributed by atoms with E-state index in [4.69, 9.17) is 9.47 Å². The lowest BCUT2D eigenvalue weighted by Gasteiger charge is -2.36. The molecule has 1 amide bonds.